The molecule has 8 nitrogen and oxygen atoms in total. The van der Waals surface area contributed by atoms with Crippen LogP contribution in [0.2, 0.25) is 0 Å². The molecule has 0 unspecified atom stereocenters. The number of nitrogens with zero attached hydrogens (tertiary/aromatic N) is 2. The number of benzene rings is 1. The fourth-order valence-electron chi connectivity index (χ4n) is 10.4. The number of nitrogens with one attached hydrogen (secondary N) is 3. The van der Waals surface area contributed by atoms with Crippen LogP contribution in [0.25, 0.3) is 45.9 Å². The van der Waals surface area contributed by atoms with E-state index in [9.17, 15) is 0 Å². The Kier molecular flexibility index (Phi) is 30.1. The molecule has 0 saturated heterocycles. The Morgan fingerprint density at radius 1 is 0.364 bits per heavy atom. The first-order valence-corrected chi connectivity index (χ1v) is 31.3. The molecule has 8 bridgehead atoms. The van der Waals surface area contributed by atoms with Crippen LogP contribution in [0.1, 0.15) is 261 Å². The first-order valence-electron chi connectivity index (χ1n) is 31.3. The topological polar surface area (TPSA) is 101 Å². The zero-order valence-corrected chi connectivity index (χ0v) is 48.4. The second-order valence-corrected chi connectivity index (χ2v) is 21.9. The van der Waals surface area contributed by atoms with Crippen molar-refractivity contribution in [1.29, 1.82) is 0 Å². The molecule has 4 aromatic heterocycles. The summed E-state index contributed by atoms with van der Waals surface area (Å²) in [6.45, 7) is 8.83. The van der Waals surface area contributed by atoms with E-state index < -0.39 is 0 Å². The second kappa shape index (κ2) is 38.1. The number of unbranched alkanes of at least 4 members (excludes halogenated alkanes) is 30. The summed E-state index contributed by atoms with van der Waals surface area (Å²) < 4.78 is 20.5. The Balaban J connectivity index is 0.00000181. The van der Waals surface area contributed by atoms with Gasteiger partial charge < -0.3 is 29.2 Å². The van der Waals surface area contributed by atoms with E-state index in [1.165, 1.54) is 193 Å². The third-order valence-corrected chi connectivity index (χ3v) is 15.0. The van der Waals surface area contributed by atoms with Gasteiger partial charge in [-0.2, -0.15) is 0 Å². The fourth-order valence-corrected chi connectivity index (χ4v) is 10.4. The molecule has 3 N–H and O–H groups in total. The van der Waals surface area contributed by atoms with Crippen LogP contribution >= 0.6 is 0 Å². The highest BCUT2D eigenvalue weighted by molar-refractivity contribution is 5.94. The molecule has 6 heterocycles. The maximum Gasteiger partial charge on any atom is 0.203 e. The third kappa shape index (κ3) is 24.4. The van der Waals surface area contributed by atoms with Crippen molar-refractivity contribution in [3.05, 3.63) is 114 Å². The normalized spacial score (nSPS) is 11.9. The van der Waals surface area contributed by atoms with Crippen molar-refractivity contribution < 1.29 is 14.2 Å². The van der Waals surface area contributed by atoms with Crippen LogP contribution in [0.3, 0.4) is 0 Å². The van der Waals surface area contributed by atoms with Crippen molar-refractivity contribution in [2.75, 3.05) is 19.8 Å². The molecule has 7 rings (SSSR count). The number of H-pyrrole nitrogens is 3. The summed E-state index contributed by atoms with van der Waals surface area (Å²) in [7, 11) is 0. The number of hydrogen-bond acceptors (Lipinski definition) is 5. The number of fused-ring (bicyclic) bond motifs is 8. The van der Waals surface area contributed by atoms with Gasteiger partial charge in [0.25, 0.3) is 0 Å². The number of aromatic amines is 3. The van der Waals surface area contributed by atoms with Crippen LogP contribution in [-0.2, 0) is 0 Å². The molecule has 0 fully saturated rings. The molecular weight excluding hydrogens is 947 g/mol. The summed E-state index contributed by atoms with van der Waals surface area (Å²) in [6, 6.07) is 25.1. The van der Waals surface area contributed by atoms with Crippen LogP contribution in [0.4, 0.5) is 0 Å². The molecule has 8 heteroatoms. The van der Waals surface area contributed by atoms with Crippen LogP contribution in [0.5, 0.6) is 17.2 Å². The van der Waals surface area contributed by atoms with Gasteiger partial charge in [-0.05, 0) is 116 Å². The van der Waals surface area contributed by atoms with Crippen molar-refractivity contribution in [2.45, 2.75) is 233 Å². The minimum Gasteiger partial charge on any atom is -0.490 e. The minimum absolute atomic E-state index is 0.648. The number of hydrogen-bond donors (Lipinski definition) is 3. The van der Waals surface area contributed by atoms with E-state index in [1.807, 2.05) is 24.5 Å². The van der Waals surface area contributed by atoms with Crippen LogP contribution in [-0.4, -0.2) is 44.7 Å². The van der Waals surface area contributed by atoms with Gasteiger partial charge in [0.05, 0.1) is 42.6 Å². The lowest BCUT2D eigenvalue weighted by Gasteiger charge is -2.19. The van der Waals surface area contributed by atoms with Crippen molar-refractivity contribution in [2.24, 2.45) is 0 Å². The van der Waals surface area contributed by atoms with E-state index in [2.05, 4.69) is 115 Å². The highest BCUT2D eigenvalue weighted by Gasteiger charge is 2.21. The van der Waals surface area contributed by atoms with Crippen molar-refractivity contribution in [3.8, 4) is 17.2 Å². The standard InChI is InChI=1S/C65H96N4O3.C4H5N/c1-4-7-10-13-16-19-22-25-28-31-34-43-70-63-46-53(61-51-60-50-58-40-39-56(67-58)48-54-37-38-55(66-54)49-57-41-42-59(68-57)52-62(61)69-60)47-64(71-44-35-32-29-26-23-20-17-14-11-8-5-2)65(63)72-45-36-33-30-27-24-21-18-15-12-9-6-3;1-2-4-5-3-1/h37-42,46-52,66-67H,4-36,43-45H2,1-3H3;1-5H. The highest BCUT2D eigenvalue weighted by Crippen LogP contribution is 2.43. The van der Waals surface area contributed by atoms with E-state index in [-0.39, 0.29) is 0 Å². The van der Waals surface area contributed by atoms with Gasteiger partial charge in [0, 0.05) is 40.0 Å². The van der Waals surface area contributed by atoms with E-state index in [0.29, 0.717) is 19.8 Å². The smallest absolute Gasteiger partial charge is 0.203 e. The first kappa shape index (κ1) is 60.7. The monoisotopic (exact) mass is 1050 g/mol. The molecule has 77 heavy (non-hydrogen) atoms. The summed E-state index contributed by atoms with van der Waals surface area (Å²) in [5.41, 5.74) is 9.60. The van der Waals surface area contributed by atoms with Gasteiger partial charge in [-0.15, -0.1) is 0 Å². The lowest BCUT2D eigenvalue weighted by molar-refractivity contribution is 0.234. The SMILES string of the molecule is CCCCCCCCCCCCCOc1cc(C2=Cc3cc4ccc(cc5ccc(cc6nc(cc2n3)C=C6)[nH]5)[nH]4)cc(OCCCCCCCCCCCCC)c1OCCCCCCCCCCCCC.c1cc[nH]c1. The fraction of sp³-hybridized carbons (Fsp3) is 0.565. The Morgan fingerprint density at radius 3 is 1.13 bits per heavy atom. The van der Waals surface area contributed by atoms with Gasteiger partial charge in [0.2, 0.25) is 5.75 Å². The van der Waals surface area contributed by atoms with Crippen molar-refractivity contribution >= 4 is 45.9 Å². The highest BCUT2D eigenvalue weighted by atomic mass is 16.5. The van der Waals surface area contributed by atoms with E-state index in [4.69, 9.17) is 24.2 Å². The molecule has 0 amide bonds. The maximum atomic E-state index is 6.85. The number of aromatic nitrogens is 5. The van der Waals surface area contributed by atoms with Gasteiger partial charge in [0.15, 0.2) is 11.5 Å². The Morgan fingerprint density at radius 2 is 0.727 bits per heavy atom. The van der Waals surface area contributed by atoms with Gasteiger partial charge in [-0.3, -0.25) is 0 Å². The van der Waals surface area contributed by atoms with Crippen LogP contribution < -0.4 is 14.2 Å². The average molecular weight is 1050 g/mol. The van der Waals surface area contributed by atoms with Crippen LogP contribution in [0.15, 0.2) is 85.2 Å². The molecule has 0 radical (unpaired) electrons. The molecule has 1 aromatic carbocycles. The quantitative estimate of drug-likeness (QED) is 0.0332. The predicted octanol–water partition coefficient (Wildman–Crippen LogP) is 21.2. The second-order valence-electron chi connectivity index (χ2n) is 21.9. The summed E-state index contributed by atoms with van der Waals surface area (Å²) in [4.78, 5) is 20.2. The van der Waals surface area contributed by atoms with E-state index in [0.717, 1.165) is 92.5 Å². The van der Waals surface area contributed by atoms with Gasteiger partial charge in [-0.25, -0.2) is 9.97 Å². The summed E-state index contributed by atoms with van der Waals surface area (Å²) in [5.74, 6) is 2.29. The zero-order valence-electron chi connectivity index (χ0n) is 48.4. The van der Waals surface area contributed by atoms with Crippen molar-refractivity contribution in [3.63, 3.8) is 0 Å². The van der Waals surface area contributed by atoms with Gasteiger partial charge in [-0.1, -0.05) is 213 Å². The molecule has 5 aromatic rings. The van der Waals surface area contributed by atoms with Gasteiger partial charge in [0.1, 0.15) is 0 Å². The molecule has 0 atom stereocenters. The van der Waals surface area contributed by atoms with Crippen LogP contribution in [0, 0.1) is 0 Å². The lowest BCUT2D eigenvalue weighted by Crippen LogP contribution is -2.07. The third-order valence-electron chi connectivity index (χ3n) is 15.0. The maximum absolute atomic E-state index is 6.85. The molecule has 0 saturated carbocycles. The zero-order chi connectivity index (χ0) is 53.6. The Hall–Kier alpha value is -5.50. The number of ether oxygens (including phenoxy) is 3. The molecule has 420 valence electrons. The molecule has 2 aliphatic heterocycles. The van der Waals surface area contributed by atoms with E-state index >= 15 is 0 Å². The van der Waals surface area contributed by atoms with Gasteiger partial charge >= 0.3 is 0 Å². The number of rotatable bonds is 40. The lowest BCUT2D eigenvalue weighted by atomic mass is 10.0. The van der Waals surface area contributed by atoms with Crippen molar-refractivity contribution in [1.82, 2.24) is 24.9 Å². The minimum atomic E-state index is 0.648. The average Bonchev–Trinajstić information content (AvgIpc) is 4.34. The largest absolute Gasteiger partial charge is 0.490 e. The Bertz CT molecular complexity index is 2480. The van der Waals surface area contributed by atoms with E-state index in [1.54, 1.807) is 0 Å². The Labute approximate surface area is 466 Å². The first-order chi connectivity index (χ1) is 38.1. The predicted molar refractivity (Wildman–Crippen MR) is 330 cm³/mol. The summed E-state index contributed by atoms with van der Waals surface area (Å²) in [6.07, 6.45) is 53.1. The molecule has 0 spiro atoms. The molecule has 0 aliphatic carbocycles. The molecule has 2 aliphatic rings. The summed E-state index contributed by atoms with van der Waals surface area (Å²) in [5, 5.41) is 0. The molecular formula is C69H101N5O3. The summed E-state index contributed by atoms with van der Waals surface area (Å²) >= 11 is 0.